The molecule has 0 spiro atoms. The lowest BCUT2D eigenvalue weighted by Gasteiger charge is -2.33. The molecule has 1 aliphatic rings. The molecule has 1 unspecified atom stereocenters. The zero-order valence-corrected chi connectivity index (χ0v) is 20.6. The number of nitrogens with one attached hydrogen (secondary N) is 2. The van der Waals surface area contributed by atoms with Crippen molar-refractivity contribution in [2.24, 2.45) is 4.99 Å². The summed E-state index contributed by atoms with van der Waals surface area (Å²) in [5.41, 5.74) is 2.23. The number of guanidine groups is 1. The molecule has 5 nitrogen and oxygen atoms in total. The predicted octanol–water partition coefficient (Wildman–Crippen LogP) is 4.27. The van der Waals surface area contributed by atoms with Crippen LogP contribution in [0.15, 0.2) is 46.1 Å². The van der Waals surface area contributed by atoms with Gasteiger partial charge >= 0.3 is 0 Å². The maximum Gasteiger partial charge on any atom is 0.191 e. The topological polar surface area (TPSA) is 59.9 Å². The van der Waals surface area contributed by atoms with Gasteiger partial charge in [-0.3, -0.25) is 9.89 Å². The molecule has 2 aromatic rings. The number of likely N-dealkylation sites (tertiary alicyclic amines) is 1. The SMILES string of the molecule is CCNC(=NCC(O)c1ccc(Cl)cc1)NC1CCN(Cc2ccsc2)CC1.I. The molecule has 3 N–H and O–H groups in total. The van der Waals surface area contributed by atoms with Gasteiger partial charge in [-0.1, -0.05) is 23.7 Å². The van der Waals surface area contributed by atoms with Gasteiger partial charge in [0.15, 0.2) is 5.96 Å². The third-order valence-electron chi connectivity index (χ3n) is 4.94. The molecule has 0 amide bonds. The molecule has 1 saturated heterocycles. The number of nitrogens with zero attached hydrogens (tertiary/aromatic N) is 2. The highest BCUT2D eigenvalue weighted by Crippen LogP contribution is 2.17. The lowest BCUT2D eigenvalue weighted by molar-refractivity contribution is 0.186. The maximum absolute atomic E-state index is 10.4. The van der Waals surface area contributed by atoms with Crippen molar-refractivity contribution in [1.82, 2.24) is 15.5 Å². The van der Waals surface area contributed by atoms with Crippen molar-refractivity contribution in [2.45, 2.75) is 38.5 Å². The number of hydrogen-bond acceptors (Lipinski definition) is 4. The van der Waals surface area contributed by atoms with E-state index in [2.05, 4.69) is 44.3 Å². The van der Waals surface area contributed by atoms with Crippen molar-refractivity contribution < 1.29 is 5.11 Å². The lowest BCUT2D eigenvalue weighted by Crippen LogP contribution is -2.48. The van der Waals surface area contributed by atoms with Crippen molar-refractivity contribution in [2.75, 3.05) is 26.2 Å². The first-order chi connectivity index (χ1) is 13.6. The van der Waals surface area contributed by atoms with Crippen LogP contribution in [0.2, 0.25) is 5.02 Å². The zero-order chi connectivity index (χ0) is 19.8. The summed E-state index contributed by atoms with van der Waals surface area (Å²) in [6.45, 7) is 6.36. The fourth-order valence-corrected chi connectivity index (χ4v) is 4.14. The quantitative estimate of drug-likeness (QED) is 0.275. The zero-order valence-electron chi connectivity index (χ0n) is 16.7. The van der Waals surface area contributed by atoms with E-state index in [1.807, 2.05) is 12.1 Å². The first-order valence-electron chi connectivity index (χ1n) is 9.86. The molecule has 2 heterocycles. The Morgan fingerprint density at radius 3 is 2.62 bits per heavy atom. The summed E-state index contributed by atoms with van der Waals surface area (Å²) in [6.07, 6.45) is 1.54. The Balaban J connectivity index is 0.00000300. The molecule has 29 heavy (non-hydrogen) atoms. The molecule has 0 radical (unpaired) electrons. The Hall–Kier alpha value is -0.870. The van der Waals surface area contributed by atoms with Crippen LogP contribution in [0, 0.1) is 0 Å². The third-order valence-corrected chi connectivity index (χ3v) is 5.92. The van der Waals surface area contributed by atoms with Crippen molar-refractivity contribution in [1.29, 1.82) is 0 Å². The van der Waals surface area contributed by atoms with Gasteiger partial charge in [0.2, 0.25) is 0 Å². The van der Waals surface area contributed by atoms with Gasteiger partial charge in [-0.2, -0.15) is 11.3 Å². The summed E-state index contributed by atoms with van der Waals surface area (Å²) in [6, 6.07) is 9.87. The Morgan fingerprint density at radius 1 is 1.28 bits per heavy atom. The van der Waals surface area contributed by atoms with E-state index in [4.69, 9.17) is 11.6 Å². The molecule has 1 aromatic heterocycles. The second kappa shape index (κ2) is 12.7. The monoisotopic (exact) mass is 548 g/mol. The number of rotatable bonds is 7. The number of aliphatic hydroxyl groups is 1. The van der Waals surface area contributed by atoms with Crippen molar-refractivity contribution in [3.05, 3.63) is 57.2 Å². The highest BCUT2D eigenvalue weighted by Gasteiger charge is 2.20. The van der Waals surface area contributed by atoms with Crippen molar-refractivity contribution in [3.63, 3.8) is 0 Å². The Labute approximate surface area is 199 Å². The lowest BCUT2D eigenvalue weighted by atomic mass is 10.0. The molecular weight excluding hydrogens is 519 g/mol. The van der Waals surface area contributed by atoms with Crippen LogP contribution < -0.4 is 10.6 Å². The average molecular weight is 549 g/mol. The molecule has 160 valence electrons. The van der Waals surface area contributed by atoms with Crippen LogP contribution in [-0.2, 0) is 6.54 Å². The summed E-state index contributed by atoms with van der Waals surface area (Å²) < 4.78 is 0. The van der Waals surface area contributed by atoms with Gasteiger partial charge in [0, 0.05) is 37.2 Å². The van der Waals surface area contributed by atoms with Crippen LogP contribution >= 0.6 is 46.9 Å². The van der Waals surface area contributed by atoms with Crippen LogP contribution in [0.4, 0.5) is 0 Å². The van der Waals surface area contributed by atoms with E-state index in [9.17, 15) is 5.11 Å². The van der Waals surface area contributed by atoms with E-state index < -0.39 is 6.10 Å². The van der Waals surface area contributed by atoms with Crippen LogP contribution in [0.25, 0.3) is 0 Å². The molecule has 3 rings (SSSR count). The smallest absolute Gasteiger partial charge is 0.191 e. The molecule has 1 aliphatic heterocycles. The van der Waals surface area contributed by atoms with E-state index in [0.717, 1.165) is 50.5 Å². The first-order valence-corrected chi connectivity index (χ1v) is 11.2. The average Bonchev–Trinajstić information content (AvgIpc) is 3.21. The van der Waals surface area contributed by atoms with Gasteiger partial charge in [0.05, 0.1) is 12.6 Å². The summed E-state index contributed by atoms with van der Waals surface area (Å²) in [5.74, 6) is 0.770. The minimum Gasteiger partial charge on any atom is -0.386 e. The summed E-state index contributed by atoms with van der Waals surface area (Å²) in [4.78, 5) is 7.09. The fourth-order valence-electron chi connectivity index (χ4n) is 3.36. The van der Waals surface area contributed by atoms with Gasteiger partial charge < -0.3 is 15.7 Å². The van der Waals surface area contributed by atoms with Crippen LogP contribution in [0.5, 0.6) is 0 Å². The Bertz CT molecular complexity index is 734. The van der Waals surface area contributed by atoms with Gasteiger partial charge in [0.25, 0.3) is 0 Å². The minimum atomic E-state index is -0.639. The molecule has 1 aromatic carbocycles. The molecule has 0 saturated carbocycles. The standard InChI is InChI=1S/C21H29ClN4OS.HI/c1-2-23-21(24-13-20(27)17-3-5-18(22)6-4-17)25-19-7-10-26(11-8-19)14-16-9-12-28-15-16;/h3-6,9,12,15,19-20,27H,2,7-8,10-11,13-14H2,1H3,(H2,23,24,25);1H. The van der Waals surface area contributed by atoms with Crippen molar-refractivity contribution in [3.8, 4) is 0 Å². The third kappa shape index (κ3) is 8.05. The number of benzene rings is 1. The number of halogens is 2. The van der Waals surface area contributed by atoms with Crippen molar-refractivity contribution >= 4 is 52.9 Å². The number of piperidine rings is 1. The fraction of sp³-hybridized carbons (Fsp3) is 0.476. The largest absolute Gasteiger partial charge is 0.386 e. The van der Waals surface area contributed by atoms with Gasteiger partial charge in [-0.05, 0) is 59.9 Å². The van der Waals surface area contributed by atoms with Crippen LogP contribution in [0.3, 0.4) is 0 Å². The number of aliphatic hydroxyl groups excluding tert-OH is 1. The summed E-state index contributed by atoms with van der Waals surface area (Å²) in [7, 11) is 0. The van der Waals surface area contributed by atoms with E-state index in [1.165, 1.54) is 5.56 Å². The molecule has 0 bridgehead atoms. The number of thiophene rings is 1. The molecule has 0 aliphatic carbocycles. The molecule has 8 heteroatoms. The van der Waals surface area contributed by atoms with E-state index in [-0.39, 0.29) is 24.0 Å². The minimum absolute atomic E-state index is 0. The van der Waals surface area contributed by atoms with Crippen LogP contribution in [0.1, 0.15) is 37.0 Å². The molecule has 1 atom stereocenters. The molecular formula is C21H30ClIN4OS. The first kappa shape index (κ1) is 24.4. The maximum atomic E-state index is 10.4. The highest BCUT2D eigenvalue weighted by molar-refractivity contribution is 14.0. The summed E-state index contributed by atoms with van der Waals surface area (Å²) in [5, 5.41) is 22.2. The normalized spacial score (nSPS) is 16.9. The van der Waals surface area contributed by atoms with E-state index in [0.29, 0.717) is 17.6 Å². The number of aliphatic imine (C=N–C) groups is 1. The van der Waals surface area contributed by atoms with Gasteiger partial charge in [0.1, 0.15) is 0 Å². The highest BCUT2D eigenvalue weighted by atomic mass is 127. The second-order valence-electron chi connectivity index (χ2n) is 7.11. The van der Waals surface area contributed by atoms with Crippen LogP contribution in [-0.4, -0.2) is 48.2 Å². The molecule has 1 fully saturated rings. The van der Waals surface area contributed by atoms with E-state index >= 15 is 0 Å². The Morgan fingerprint density at radius 2 is 2.00 bits per heavy atom. The van der Waals surface area contributed by atoms with Gasteiger partial charge in [-0.15, -0.1) is 24.0 Å². The second-order valence-corrected chi connectivity index (χ2v) is 8.33. The Kier molecular flexibility index (Phi) is 10.7. The van der Waals surface area contributed by atoms with E-state index in [1.54, 1.807) is 23.5 Å². The number of hydrogen-bond donors (Lipinski definition) is 3. The van der Waals surface area contributed by atoms with Gasteiger partial charge in [-0.25, -0.2) is 0 Å². The summed E-state index contributed by atoms with van der Waals surface area (Å²) >= 11 is 7.67. The predicted molar refractivity (Wildman–Crippen MR) is 134 cm³/mol.